The number of benzene rings is 3. The third kappa shape index (κ3) is 9.11. The van der Waals surface area contributed by atoms with Crippen molar-refractivity contribution in [3.8, 4) is 16.9 Å². The molecule has 5 heteroatoms. The van der Waals surface area contributed by atoms with Gasteiger partial charge in [-0.2, -0.15) is 4.39 Å². The second-order valence-corrected chi connectivity index (χ2v) is 11.2. The molecule has 3 aromatic rings. The molecular formula is C36H46F2O3. The fraction of sp³-hybridized carbons (Fsp3) is 0.500. The summed E-state index contributed by atoms with van der Waals surface area (Å²) >= 11 is 0. The molecule has 0 N–H and O–H groups in total. The Balaban J connectivity index is 1.25. The van der Waals surface area contributed by atoms with Gasteiger partial charge < -0.3 is 14.2 Å². The molecule has 1 fully saturated rings. The van der Waals surface area contributed by atoms with Crippen molar-refractivity contribution in [3.05, 3.63) is 89.0 Å². The third-order valence-electron chi connectivity index (χ3n) is 7.97. The molecule has 1 aliphatic heterocycles. The Labute approximate surface area is 245 Å². The standard InChI is InChI=1S/C36H46F2O3/c1-3-5-7-8-9-10-12-24-39-33-23-22-32(34(37)35(33)38)36-40-25-31(26-41-36)30-20-18-29(19-21-30)28-16-14-27(15-17-28)13-11-6-4-2/h14-23,31,36H,3-13,24-26H2,1-2H3. The molecule has 1 saturated heterocycles. The largest absolute Gasteiger partial charge is 0.490 e. The average Bonchev–Trinajstić information content (AvgIpc) is 3.01. The van der Waals surface area contributed by atoms with Crippen molar-refractivity contribution in [2.45, 2.75) is 96.7 Å². The lowest BCUT2D eigenvalue weighted by Gasteiger charge is -2.30. The van der Waals surface area contributed by atoms with E-state index in [1.807, 2.05) is 0 Å². The van der Waals surface area contributed by atoms with Gasteiger partial charge in [0.05, 0.1) is 19.8 Å². The van der Waals surface area contributed by atoms with Gasteiger partial charge in [-0.1, -0.05) is 114 Å². The minimum Gasteiger partial charge on any atom is -0.490 e. The molecule has 1 heterocycles. The number of rotatable bonds is 16. The molecule has 0 amide bonds. The highest BCUT2D eigenvalue weighted by molar-refractivity contribution is 5.64. The predicted molar refractivity (Wildman–Crippen MR) is 162 cm³/mol. The van der Waals surface area contributed by atoms with E-state index < -0.39 is 17.9 Å². The van der Waals surface area contributed by atoms with Gasteiger partial charge in [0.25, 0.3) is 0 Å². The third-order valence-corrected chi connectivity index (χ3v) is 7.97. The van der Waals surface area contributed by atoms with Crippen molar-refractivity contribution < 1.29 is 23.0 Å². The molecule has 0 atom stereocenters. The summed E-state index contributed by atoms with van der Waals surface area (Å²) in [7, 11) is 0. The Morgan fingerprint density at radius 3 is 1.90 bits per heavy atom. The van der Waals surface area contributed by atoms with Crippen molar-refractivity contribution in [2.75, 3.05) is 19.8 Å². The maximum Gasteiger partial charge on any atom is 0.201 e. The first-order valence-corrected chi connectivity index (χ1v) is 15.6. The van der Waals surface area contributed by atoms with Crippen molar-refractivity contribution >= 4 is 0 Å². The monoisotopic (exact) mass is 564 g/mol. The number of hydrogen-bond acceptors (Lipinski definition) is 3. The van der Waals surface area contributed by atoms with Crippen LogP contribution in [0.5, 0.6) is 5.75 Å². The highest BCUT2D eigenvalue weighted by Crippen LogP contribution is 2.34. The number of hydrogen-bond donors (Lipinski definition) is 0. The van der Waals surface area contributed by atoms with Crippen LogP contribution in [-0.2, 0) is 15.9 Å². The van der Waals surface area contributed by atoms with E-state index in [1.54, 1.807) is 0 Å². The molecular weight excluding hydrogens is 518 g/mol. The van der Waals surface area contributed by atoms with Crippen molar-refractivity contribution in [3.63, 3.8) is 0 Å². The van der Waals surface area contributed by atoms with Gasteiger partial charge in [0.15, 0.2) is 17.9 Å². The summed E-state index contributed by atoms with van der Waals surface area (Å²) in [5.74, 6) is -1.98. The summed E-state index contributed by atoms with van der Waals surface area (Å²) in [5, 5.41) is 0. The normalized spacial score (nSPS) is 17.1. The number of aryl methyl sites for hydroxylation is 1. The maximum absolute atomic E-state index is 14.9. The molecule has 0 aliphatic carbocycles. The van der Waals surface area contributed by atoms with Crippen LogP contribution in [-0.4, -0.2) is 19.8 Å². The summed E-state index contributed by atoms with van der Waals surface area (Å²) in [4.78, 5) is 0. The van der Waals surface area contributed by atoms with Gasteiger partial charge in [-0.15, -0.1) is 0 Å². The predicted octanol–water partition coefficient (Wildman–Crippen LogP) is 10.3. The number of unbranched alkanes of at least 4 members (excludes halogenated alkanes) is 8. The molecule has 4 rings (SSSR count). The molecule has 0 aromatic heterocycles. The zero-order valence-electron chi connectivity index (χ0n) is 24.8. The van der Waals surface area contributed by atoms with Crippen LogP contribution < -0.4 is 4.74 Å². The molecule has 3 nitrogen and oxygen atoms in total. The van der Waals surface area contributed by atoms with Gasteiger partial charge in [-0.3, -0.25) is 0 Å². The molecule has 0 unspecified atom stereocenters. The smallest absolute Gasteiger partial charge is 0.201 e. The van der Waals surface area contributed by atoms with Gasteiger partial charge in [0, 0.05) is 11.5 Å². The first kappa shape index (κ1) is 31.2. The van der Waals surface area contributed by atoms with E-state index in [0.29, 0.717) is 19.8 Å². The summed E-state index contributed by atoms with van der Waals surface area (Å²) < 4.78 is 46.9. The topological polar surface area (TPSA) is 27.7 Å². The fourth-order valence-electron chi connectivity index (χ4n) is 5.35. The fourth-order valence-corrected chi connectivity index (χ4v) is 5.35. The van der Waals surface area contributed by atoms with Gasteiger partial charge in [-0.25, -0.2) is 4.39 Å². The van der Waals surface area contributed by atoms with Gasteiger partial charge in [-0.05, 0) is 53.6 Å². The lowest BCUT2D eigenvalue weighted by atomic mass is 9.96. The minimum atomic E-state index is -0.982. The van der Waals surface area contributed by atoms with Crippen LogP contribution in [0.3, 0.4) is 0 Å². The van der Waals surface area contributed by atoms with Crippen LogP contribution in [0.2, 0.25) is 0 Å². The number of halogens is 2. The van der Waals surface area contributed by atoms with E-state index in [2.05, 4.69) is 62.4 Å². The second kappa shape index (κ2) is 16.6. The SMILES string of the molecule is CCCCCCCCCOc1ccc(C2OCC(c3ccc(-c4ccc(CCCCC)cc4)cc3)CO2)c(F)c1F. The Morgan fingerprint density at radius 2 is 1.24 bits per heavy atom. The van der Waals surface area contributed by atoms with E-state index >= 15 is 0 Å². The summed E-state index contributed by atoms with van der Waals surface area (Å²) in [6.45, 7) is 5.54. The van der Waals surface area contributed by atoms with Crippen molar-refractivity contribution in [1.29, 1.82) is 0 Å². The van der Waals surface area contributed by atoms with Crippen LogP contribution in [0, 0.1) is 11.6 Å². The molecule has 0 saturated carbocycles. The van der Waals surface area contributed by atoms with Crippen LogP contribution in [0.1, 0.15) is 107 Å². The first-order valence-electron chi connectivity index (χ1n) is 15.6. The van der Waals surface area contributed by atoms with Crippen LogP contribution in [0.25, 0.3) is 11.1 Å². The Morgan fingerprint density at radius 1 is 0.659 bits per heavy atom. The highest BCUT2D eigenvalue weighted by atomic mass is 19.2. The van der Waals surface area contributed by atoms with E-state index in [0.717, 1.165) is 36.8 Å². The molecule has 3 aromatic carbocycles. The molecule has 222 valence electrons. The van der Waals surface area contributed by atoms with E-state index in [-0.39, 0.29) is 17.2 Å². The molecule has 41 heavy (non-hydrogen) atoms. The minimum absolute atomic E-state index is 0.0266. The number of ether oxygens (including phenoxy) is 3. The maximum atomic E-state index is 14.9. The molecule has 0 radical (unpaired) electrons. The Bertz CT molecular complexity index is 1170. The lowest BCUT2D eigenvalue weighted by molar-refractivity contribution is -0.193. The second-order valence-electron chi connectivity index (χ2n) is 11.2. The molecule has 0 spiro atoms. The van der Waals surface area contributed by atoms with E-state index in [1.165, 1.54) is 68.2 Å². The summed E-state index contributed by atoms with van der Waals surface area (Å²) in [5.41, 5.74) is 4.91. The quantitative estimate of drug-likeness (QED) is 0.162. The zero-order valence-corrected chi connectivity index (χ0v) is 24.8. The Hall–Kier alpha value is -2.76. The zero-order chi connectivity index (χ0) is 28.9. The van der Waals surface area contributed by atoms with Gasteiger partial charge in [0.1, 0.15) is 0 Å². The van der Waals surface area contributed by atoms with Crippen LogP contribution in [0.4, 0.5) is 8.78 Å². The molecule has 0 bridgehead atoms. The van der Waals surface area contributed by atoms with Gasteiger partial charge in [0.2, 0.25) is 5.82 Å². The summed E-state index contributed by atoms with van der Waals surface area (Å²) in [6.07, 6.45) is 11.9. The highest BCUT2D eigenvalue weighted by Gasteiger charge is 2.29. The first-order chi connectivity index (χ1) is 20.1. The summed E-state index contributed by atoms with van der Waals surface area (Å²) in [6, 6.07) is 20.2. The van der Waals surface area contributed by atoms with Crippen LogP contribution >= 0.6 is 0 Å². The van der Waals surface area contributed by atoms with Gasteiger partial charge >= 0.3 is 0 Å². The van der Waals surface area contributed by atoms with E-state index in [9.17, 15) is 8.78 Å². The van der Waals surface area contributed by atoms with Crippen LogP contribution in [0.15, 0.2) is 60.7 Å². The van der Waals surface area contributed by atoms with E-state index in [4.69, 9.17) is 14.2 Å². The van der Waals surface area contributed by atoms with Crippen molar-refractivity contribution in [2.24, 2.45) is 0 Å². The Kier molecular flexibility index (Phi) is 12.6. The lowest BCUT2D eigenvalue weighted by Crippen LogP contribution is -2.26. The average molecular weight is 565 g/mol. The molecule has 1 aliphatic rings. The van der Waals surface area contributed by atoms with Crippen molar-refractivity contribution in [1.82, 2.24) is 0 Å².